The minimum atomic E-state index is -1.11. The molecule has 0 aliphatic heterocycles. The number of methoxy groups -OCH3 is 2. The summed E-state index contributed by atoms with van der Waals surface area (Å²) < 4.78 is 48.0. The number of rotatable bonds is 14. The predicted molar refractivity (Wildman–Crippen MR) is 154 cm³/mol. The van der Waals surface area contributed by atoms with Crippen molar-refractivity contribution in [2.75, 3.05) is 20.8 Å². The standard InChI is InChI=1S/C29H24F2O9S2/c1-38-19-12-21-15(10-23(41-21)17(32)5-7-25(34)35)27(30)14(19)4-3-9-40-29-20(39-2)13-22-16(28(29)31)11-24(42-22)18(33)6-8-26(36)37/h3-4,10-13H,5-9H2,1-2H3,(H,34,35)(H,36,37)/b4-3+. The van der Waals surface area contributed by atoms with E-state index in [9.17, 15) is 19.2 Å². The van der Waals surface area contributed by atoms with Gasteiger partial charge in [0, 0.05) is 39.1 Å². The molecule has 0 aliphatic rings. The van der Waals surface area contributed by atoms with E-state index in [4.69, 9.17) is 24.4 Å². The molecule has 13 heteroatoms. The third-order valence-electron chi connectivity index (χ3n) is 6.17. The molecule has 2 aromatic heterocycles. The van der Waals surface area contributed by atoms with E-state index in [0.29, 0.717) is 9.40 Å². The molecule has 0 spiro atoms. The number of ether oxygens (including phenoxy) is 3. The van der Waals surface area contributed by atoms with Crippen molar-refractivity contribution in [1.82, 2.24) is 0 Å². The number of carbonyl (C=O) groups is 4. The number of carboxylic acid groups (broad SMARTS) is 2. The molecule has 2 aromatic carbocycles. The fourth-order valence-corrected chi connectivity index (χ4v) is 6.21. The first-order chi connectivity index (χ1) is 20.0. The Hall–Kier alpha value is -4.36. The zero-order valence-electron chi connectivity index (χ0n) is 22.3. The van der Waals surface area contributed by atoms with Crippen LogP contribution in [0.3, 0.4) is 0 Å². The molecule has 0 fully saturated rings. The van der Waals surface area contributed by atoms with Gasteiger partial charge >= 0.3 is 11.9 Å². The largest absolute Gasteiger partial charge is 0.496 e. The molecular formula is C29H24F2O9S2. The molecule has 0 radical (unpaired) electrons. The van der Waals surface area contributed by atoms with Gasteiger partial charge in [-0.1, -0.05) is 0 Å². The van der Waals surface area contributed by atoms with Crippen molar-refractivity contribution in [3.63, 3.8) is 0 Å². The van der Waals surface area contributed by atoms with Crippen molar-refractivity contribution in [2.24, 2.45) is 0 Å². The summed E-state index contributed by atoms with van der Waals surface area (Å²) in [5.41, 5.74) is 0.0705. The van der Waals surface area contributed by atoms with Crippen molar-refractivity contribution in [3.8, 4) is 17.2 Å². The van der Waals surface area contributed by atoms with Gasteiger partial charge in [0.1, 0.15) is 18.2 Å². The number of Topliss-reactive ketones (excluding diaryl/α,β-unsaturated/α-hetero) is 2. The van der Waals surface area contributed by atoms with Crippen LogP contribution in [-0.4, -0.2) is 54.5 Å². The highest BCUT2D eigenvalue weighted by molar-refractivity contribution is 7.21. The first-order valence-electron chi connectivity index (χ1n) is 12.4. The Labute approximate surface area is 245 Å². The summed E-state index contributed by atoms with van der Waals surface area (Å²) in [6, 6.07) is 5.81. The van der Waals surface area contributed by atoms with Crippen molar-refractivity contribution < 1.29 is 52.4 Å². The SMILES string of the molecule is COc1cc2sc(C(=O)CCC(=O)O)cc2c(F)c1/C=C/COc1c(OC)cc2sc(C(=O)CCC(=O)O)cc2c1F. The third kappa shape index (κ3) is 6.58. The molecular weight excluding hydrogens is 594 g/mol. The summed E-state index contributed by atoms with van der Waals surface area (Å²) in [6.45, 7) is -0.198. The highest BCUT2D eigenvalue weighted by Gasteiger charge is 2.21. The van der Waals surface area contributed by atoms with Gasteiger partial charge < -0.3 is 24.4 Å². The summed E-state index contributed by atoms with van der Waals surface area (Å²) >= 11 is 2.05. The number of hydrogen-bond donors (Lipinski definition) is 2. The Bertz CT molecular complexity index is 1740. The van der Waals surface area contributed by atoms with E-state index in [0.717, 1.165) is 22.7 Å². The maximum Gasteiger partial charge on any atom is 0.303 e. The van der Waals surface area contributed by atoms with Gasteiger partial charge in [-0.05, 0) is 30.4 Å². The molecule has 220 valence electrons. The molecule has 4 rings (SSSR count). The predicted octanol–water partition coefficient (Wildman–Crippen LogP) is 6.60. The molecule has 0 aliphatic carbocycles. The van der Waals surface area contributed by atoms with Crippen LogP contribution >= 0.6 is 22.7 Å². The quantitative estimate of drug-likeness (QED) is 0.150. The van der Waals surface area contributed by atoms with Gasteiger partial charge in [0.25, 0.3) is 0 Å². The summed E-state index contributed by atoms with van der Waals surface area (Å²) in [7, 11) is 2.69. The number of aliphatic carboxylic acids is 2. The van der Waals surface area contributed by atoms with Gasteiger partial charge in [0.05, 0.1) is 42.4 Å². The van der Waals surface area contributed by atoms with Crippen molar-refractivity contribution in [2.45, 2.75) is 25.7 Å². The van der Waals surface area contributed by atoms with Crippen LogP contribution in [0.4, 0.5) is 8.78 Å². The number of benzene rings is 2. The summed E-state index contributed by atoms with van der Waals surface area (Å²) in [5, 5.41) is 17.9. The zero-order chi connectivity index (χ0) is 30.6. The molecule has 4 aromatic rings. The molecule has 2 heterocycles. The van der Waals surface area contributed by atoms with Gasteiger partial charge in [-0.25, -0.2) is 8.78 Å². The van der Waals surface area contributed by atoms with E-state index in [-0.39, 0.29) is 75.6 Å². The van der Waals surface area contributed by atoms with Crippen molar-refractivity contribution in [3.05, 3.63) is 57.3 Å². The first-order valence-corrected chi connectivity index (χ1v) is 14.1. The normalized spacial score (nSPS) is 11.3. The number of thiophene rings is 2. The van der Waals surface area contributed by atoms with E-state index < -0.39 is 35.1 Å². The Balaban J connectivity index is 1.56. The molecule has 2 N–H and O–H groups in total. The van der Waals surface area contributed by atoms with Gasteiger partial charge in [0.15, 0.2) is 28.9 Å². The molecule has 0 bridgehead atoms. The van der Waals surface area contributed by atoms with Crippen LogP contribution in [0.2, 0.25) is 0 Å². The third-order valence-corrected chi connectivity index (χ3v) is 8.42. The molecule has 0 amide bonds. The Morgan fingerprint density at radius 1 is 0.762 bits per heavy atom. The van der Waals surface area contributed by atoms with Crippen molar-refractivity contribution >= 4 is 72.4 Å². The van der Waals surface area contributed by atoms with Crippen molar-refractivity contribution in [1.29, 1.82) is 0 Å². The Kier molecular flexibility index (Phi) is 9.53. The van der Waals surface area contributed by atoms with E-state index >= 15 is 8.78 Å². The van der Waals surface area contributed by atoms with E-state index in [1.54, 1.807) is 6.07 Å². The van der Waals surface area contributed by atoms with Crippen LogP contribution in [0.1, 0.15) is 50.6 Å². The van der Waals surface area contributed by atoms with Crippen LogP contribution in [0.25, 0.3) is 26.2 Å². The van der Waals surface area contributed by atoms with Gasteiger partial charge in [-0.2, -0.15) is 0 Å². The highest BCUT2D eigenvalue weighted by atomic mass is 32.1. The minimum Gasteiger partial charge on any atom is -0.496 e. The number of ketones is 2. The number of fused-ring (bicyclic) bond motifs is 2. The average molecular weight is 619 g/mol. The van der Waals surface area contributed by atoms with Crippen LogP contribution < -0.4 is 14.2 Å². The van der Waals surface area contributed by atoms with E-state index in [1.165, 1.54) is 44.6 Å². The monoisotopic (exact) mass is 618 g/mol. The van der Waals surface area contributed by atoms with Gasteiger partial charge in [-0.15, -0.1) is 22.7 Å². The maximum absolute atomic E-state index is 15.5. The molecule has 0 saturated heterocycles. The van der Waals surface area contributed by atoms with E-state index in [2.05, 4.69) is 0 Å². The second kappa shape index (κ2) is 13.1. The smallest absolute Gasteiger partial charge is 0.303 e. The fraction of sp³-hybridized carbons (Fsp3) is 0.241. The number of carbonyl (C=O) groups excluding carboxylic acids is 2. The lowest BCUT2D eigenvalue weighted by Gasteiger charge is -2.11. The Morgan fingerprint density at radius 2 is 1.26 bits per heavy atom. The molecule has 0 unspecified atom stereocenters. The van der Waals surface area contributed by atoms with E-state index in [1.807, 2.05) is 0 Å². The number of halogens is 2. The Morgan fingerprint density at radius 3 is 1.76 bits per heavy atom. The molecule has 9 nitrogen and oxygen atoms in total. The highest BCUT2D eigenvalue weighted by Crippen LogP contribution is 2.41. The van der Waals surface area contributed by atoms with Crippen LogP contribution in [0.15, 0.2) is 30.3 Å². The molecule has 0 saturated carbocycles. The maximum atomic E-state index is 15.5. The minimum absolute atomic E-state index is 0.0705. The number of hydrogen-bond acceptors (Lipinski definition) is 9. The van der Waals surface area contributed by atoms with Gasteiger partial charge in [-0.3, -0.25) is 19.2 Å². The topological polar surface area (TPSA) is 136 Å². The van der Waals surface area contributed by atoms with Crippen LogP contribution in [0, 0.1) is 11.6 Å². The number of carboxylic acids is 2. The summed E-state index contributed by atoms with van der Waals surface area (Å²) in [5.74, 6) is -4.42. The lowest BCUT2D eigenvalue weighted by molar-refractivity contribution is -0.137. The lowest BCUT2D eigenvalue weighted by atomic mass is 10.1. The van der Waals surface area contributed by atoms with Crippen LogP contribution in [-0.2, 0) is 9.59 Å². The summed E-state index contributed by atoms with van der Waals surface area (Å²) in [6.07, 6.45) is 1.75. The van der Waals surface area contributed by atoms with Gasteiger partial charge in [0.2, 0.25) is 0 Å². The first kappa shape index (κ1) is 30.6. The molecule has 0 atom stereocenters. The fourth-order valence-electron chi connectivity index (χ4n) is 4.10. The molecule has 42 heavy (non-hydrogen) atoms. The lowest BCUT2D eigenvalue weighted by Crippen LogP contribution is -2.01. The summed E-state index contributed by atoms with van der Waals surface area (Å²) in [4.78, 5) is 46.7. The second-order valence-corrected chi connectivity index (χ2v) is 11.1. The zero-order valence-corrected chi connectivity index (χ0v) is 24.0. The average Bonchev–Trinajstić information content (AvgIpc) is 3.59. The van der Waals surface area contributed by atoms with Crippen LogP contribution in [0.5, 0.6) is 17.2 Å². The second-order valence-electron chi connectivity index (χ2n) is 8.92.